The van der Waals surface area contributed by atoms with Gasteiger partial charge < -0.3 is 16.4 Å². The fraction of sp³-hybridized carbons (Fsp3) is 0.290. The lowest BCUT2D eigenvalue weighted by Gasteiger charge is -2.36. The number of amides is 2. The molecule has 1 unspecified atom stereocenters. The molecule has 8 nitrogen and oxygen atoms in total. The van der Waals surface area contributed by atoms with Crippen LogP contribution in [-0.4, -0.2) is 26.6 Å². The van der Waals surface area contributed by atoms with E-state index < -0.39 is 34.8 Å². The van der Waals surface area contributed by atoms with Crippen molar-refractivity contribution in [1.82, 2.24) is 20.1 Å². The molecule has 1 saturated carbocycles. The molecule has 12 heteroatoms. The number of anilines is 1. The first-order chi connectivity index (χ1) is 20.5. The first kappa shape index (κ1) is 29.9. The molecule has 224 valence electrons. The summed E-state index contributed by atoms with van der Waals surface area (Å²) in [4.78, 5) is 30.2. The summed E-state index contributed by atoms with van der Waals surface area (Å²) in [6.45, 7) is 1.50. The summed E-state index contributed by atoms with van der Waals surface area (Å²) >= 11 is 0. The van der Waals surface area contributed by atoms with Crippen molar-refractivity contribution in [2.24, 2.45) is 11.7 Å². The molecule has 0 radical (unpaired) electrons. The number of halogens is 4. The maximum atomic E-state index is 15.2. The van der Waals surface area contributed by atoms with E-state index in [-0.39, 0.29) is 23.8 Å². The molecule has 5 rings (SSSR count). The van der Waals surface area contributed by atoms with Crippen LogP contribution in [0.25, 0.3) is 5.69 Å². The predicted molar refractivity (Wildman–Crippen MR) is 152 cm³/mol. The topological polar surface area (TPSA) is 115 Å². The van der Waals surface area contributed by atoms with Gasteiger partial charge in [-0.1, -0.05) is 37.1 Å². The third kappa shape index (κ3) is 6.59. The van der Waals surface area contributed by atoms with E-state index in [9.17, 15) is 22.8 Å². The second-order valence-electron chi connectivity index (χ2n) is 10.7. The standard InChI is InChI=1S/C31H30F4N6O2/c1-19(42)39-30(12-11-20-7-8-20,23-5-3-13-37-18-23)22-9-10-25(32)26(15-22)38-29(43)27-16-28(31(33,34)35)40-41(27)24-6-2-4-21(14-24)17-36/h2-6,9-10,13-16,18,20H,7-8,11-12,17,36H2,1H3,(H,38,43)(H,39,42). The van der Waals surface area contributed by atoms with Crippen LogP contribution in [0.4, 0.5) is 23.2 Å². The average Bonchev–Trinajstić information content (AvgIpc) is 3.70. The Bertz CT molecular complexity index is 1630. The normalized spacial score (nSPS) is 14.7. The number of carbonyl (C=O) groups is 2. The van der Waals surface area contributed by atoms with Gasteiger partial charge in [-0.05, 0) is 60.2 Å². The van der Waals surface area contributed by atoms with E-state index in [0.29, 0.717) is 35.1 Å². The summed E-state index contributed by atoms with van der Waals surface area (Å²) in [6.07, 6.45) is 1.82. The number of nitrogens with zero attached hydrogens (tertiary/aromatic N) is 3. The zero-order valence-corrected chi connectivity index (χ0v) is 23.3. The zero-order valence-electron chi connectivity index (χ0n) is 23.3. The molecule has 4 N–H and O–H groups in total. The highest BCUT2D eigenvalue weighted by Crippen LogP contribution is 2.42. The molecule has 2 aromatic carbocycles. The fourth-order valence-electron chi connectivity index (χ4n) is 5.17. The summed E-state index contributed by atoms with van der Waals surface area (Å²) in [5.41, 5.74) is 4.52. The highest BCUT2D eigenvalue weighted by Gasteiger charge is 2.39. The van der Waals surface area contributed by atoms with Gasteiger partial charge in [0.05, 0.1) is 16.9 Å². The van der Waals surface area contributed by atoms with Crippen molar-refractivity contribution in [2.75, 3.05) is 5.32 Å². The number of alkyl halides is 3. The Kier molecular flexibility index (Phi) is 8.32. The first-order valence-corrected chi connectivity index (χ1v) is 13.8. The molecule has 43 heavy (non-hydrogen) atoms. The van der Waals surface area contributed by atoms with Gasteiger partial charge in [0.2, 0.25) is 5.91 Å². The lowest BCUT2D eigenvalue weighted by molar-refractivity contribution is -0.141. The van der Waals surface area contributed by atoms with E-state index >= 15 is 4.39 Å². The lowest BCUT2D eigenvalue weighted by atomic mass is 9.79. The quantitative estimate of drug-likeness (QED) is 0.204. The summed E-state index contributed by atoms with van der Waals surface area (Å²) < 4.78 is 57.0. The van der Waals surface area contributed by atoms with Crippen molar-refractivity contribution in [3.05, 3.63) is 107 Å². The molecular weight excluding hydrogens is 564 g/mol. The van der Waals surface area contributed by atoms with E-state index in [1.54, 1.807) is 30.6 Å². The van der Waals surface area contributed by atoms with E-state index in [0.717, 1.165) is 30.0 Å². The van der Waals surface area contributed by atoms with Gasteiger partial charge in [0.1, 0.15) is 11.5 Å². The minimum Gasteiger partial charge on any atom is -0.343 e. The first-order valence-electron chi connectivity index (χ1n) is 13.8. The number of nitrogens with one attached hydrogen (secondary N) is 2. The Hall–Kier alpha value is -4.58. The summed E-state index contributed by atoms with van der Waals surface area (Å²) in [5.74, 6) is -1.64. The molecule has 2 aromatic heterocycles. The molecule has 0 aliphatic heterocycles. The van der Waals surface area contributed by atoms with Crippen molar-refractivity contribution in [3.63, 3.8) is 0 Å². The molecule has 1 aliphatic carbocycles. The Morgan fingerprint density at radius 2 is 1.84 bits per heavy atom. The van der Waals surface area contributed by atoms with Gasteiger partial charge >= 0.3 is 6.18 Å². The Morgan fingerprint density at radius 1 is 1.05 bits per heavy atom. The van der Waals surface area contributed by atoms with Crippen LogP contribution in [0.5, 0.6) is 0 Å². The number of carbonyl (C=O) groups excluding carboxylic acids is 2. The second-order valence-corrected chi connectivity index (χ2v) is 10.7. The van der Waals surface area contributed by atoms with Crippen LogP contribution in [0, 0.1) is 11.7 Å². The highest BCUT2D eigenvalue weighted by molar-refractivity contribution is 6.03. The minimum atomic E-state index is -4.83. The molecular formula is C31H30F4N6O2. The van der Waals surface area contributed by atoms with Crippen LogP contribution >= 0.6 is 0 Å². The molecule has 4 aromatic rings. The van der Waals surface area contributed by atoms with Gasteiger partial charge in [-0.15, -0.1) is 0 Å². The maximum Gasteiger partial charge on any atom is 0.435 e. The number of hydrogen-bond donors (Lipinski definition) is 3. The van der Waals surface area contributed by atoms with Gasteiger partial charge in [0.15, 0.2) is 5.69 Å². The Morgan fingerprint density at radius 3 is 2.49 bits per heavy atom. The van der Waals surface area contributed by atoms with E-state index in [4.69, 9.17) is 5.73 Å². The second kappa shape index (κ2) is 12.0. The number of rotatable bonds is 10. The van der Waals surface area contributed by atoms with Gasteiger partial charge in [0.25, 0.3) is 5.91 Å². The third-order valence-electron chi connectivity index (χ3n) is 7.50. The van der Waals surface area contributed by atoms with Crippen molar-refractivity contribution in [3.8, 4) is 5.69 Å². The summed E-state index contributed by atoms with van der Waals surface area (Å²) in [5, 5.41) is 9.10. The molecule has 2 amide bonds. The zero-order chi connectivity index (χ0) is 30.8. The minimum absolute atomic E-state index is 0.120. The number of aromatic nitrogens is 3. The maximum absolute atomic E-state index is 15.2. The van der Waals surface area contributed by atoms with Crippen LogP contribution in [0.15, 0.2) is 73.1 Å². The molecule has 0 spiro atoms. The fourth-order valence-corrected chi connectivity index (χ4v) is 5.17. The van der Waals surface area contributed by atoms with Gasteiger partial charge in [-0.3, -0.25) is 14.6 Å². The number of benzene rings is 2. The van der Waals surface area contributed by atoms with Gasteiger partial charge in [0, 0.05) is 37.5 Å². The lowest BCUT2D eigenvalue weighted by Crippen LogP contribution is -2.46. The Labute approximate surface area is 245 Å². The average molecular weight is 595 g/mol. The summed E-state index contributed by atoms with van der Waals surface area (Å²) in [6, 6.07) is 14.5. The van der Waals surface area contributed by atoms with Gasteiger partial charge in [-0.2, -0.15) is 18.3 Å². The molecule has 0 bridgehead atoms. The molecule has 1 fully saturated rings. The van der Waals surface area contributed by atoms with Crippen molar-refractivity contribution in [1.29, 1.82) is 0 Å². The van der Waals surface area contributed by atoms with Crippen LogP contribution < -0.4 is 16.4 Å². The van der Waals surface area contributed by atoms with E-state index in [1.807, 2.05) is 6.07 Å². The number of hydrogen-bond acceptors (Lipinski definition) is 5. The van der Waals surface area contributed by atoms with Crippen molar-refractivity contribution >= 4 is 17.5 Å². The molecule has 1 atom stereocenters. The Balaban J connectivity index is 1.56. The van der Waals surface area contributed by atoms with Crippen LogP contribution in [0.1, 0.15) is 65.5 Å². The third-order valence-corrected chi connectivity index (χ3v) is 7.50. The van der Waals surface area contributed by atoms with Crippen molar-refractivity contribution < 1.29 is 27.2 Å². The molecule has 2 heterocycles. The van der Waals surface area contributed by atoms with Crippen molar-refractivity contribution in [2.45, 2.75) is 50.9 Å². The number of pyridine rings is 1. The van der Waals surface area contributed by atoms with Gasteiger partial charge in [-0.25, -0.2) is 9.07 Å². The smallest absolute Gasteiger partial charge is 0.343 e. The SMILES string of the molecule is CC(=O)NC(CCC1CC1)(c1cccnc1)c1ccc(F)c(NC(=O)c2cc(C(F)(F)F)nn2-c2cccc(CN)c2)c1. The van der Waals surface area contributed by atoms with Crippen LogP contribution in [0.3, 0.4) is 0 Å². The molecule has 1 aliphatic rings. The largest absolute Gasteiger partial charge is 0.435 e. The highest BCUT2D eigenvalue weighted by atomic mass is 19.4. The van der Waals surface area contributed by atoms with E-state index in [1.165, 1.54) is 31.2 Å². The van der Waals surface area contributed by atoms with Crippen LogP contribution in [0.2, 0.25) is 0 Å². The number of nitrogens with two attached hydrogens (primary N) is 1. The van der Waals surface area contributed by atoms with E-state index in [2.05, 4.69) is 20.7 Å². The van der Waals surface area contributed by atoms with Crippen LogP contribution in [-0.2, 0) is 23.1 Å². The molecule has 0 saturated heterocycles. The monoisotopic (exact) mass is 594 g/mol. The summed E-state index contributed by atoms with van der Waals surface area (Å²) in [7, 11) is 0. The predicted octanol–water partition coefficient (Wildman–Crippen LogP) is 5.71.